The lowest BCUT2D eigenvalue weighted by Crippen LogP contribution is -2.40. The Hall–Kier alpha value is -2.42. The quantitative estimate of drug-likeness (QED) is 0.423. The first-order valence-electron chi connectivity index (χ1n) is 11.6. The van der Waals surface area contributed by atoms with Gasteiger partial charge in [0.2, 0.25) is 0 Å². The fraction of sp³-hybridized carbons (Fsp3) is 0.440. The summed E-state index contributed by atoms with van der Waals surface area (Å²) < 4.78 is 0.915. The molecule has 2 heterocycles. The highest BCUT2D eigenvalue weighted by molar-refractivity contribution is 9.10. The molecule has 8 heteroatoms. The third kappa shape index (κ3) is 4.65. The Morgan fingerprint density at radius 1 is 1.27 bits per heavy atom. The number of aliphatic hydroxyl groups excluding tert-OH is 1. The van der Waals surface area contributed by atoms with Crippen LogP contribution in [0.5, 0.6) is 0 Å². The summed E-state index contributed by atoms with van der Waals surface area (Å²) in [5.41, 5.74) is 6.56. The van der Waals surface area contributed by atoms with E-state index in [9.17, 15) is 14.7 Å². The summed E-state index contributed by atoms with van der Waals surface area (Å²) in [6.07, 6.45) is 1.78. The van der Waals surface area contributed by atoms with Crippen molar-refractivity contribution in [2.24, 2.45) is 0 Å². The fourth-order valence-corrected chi connectivity index (χ4v) is 5.25. The average molecular weight is 515 g/mol. The van der Waals surface area contributed by atoms with E-state index in [0.717, 1.165) is 70.6 Å². The molecule has 1 aliphatic heterocycles. The minimum atomic E-state index is -0.626. The molecular weight excluding hydrogens is 484 g/mol. The van der Waals surface area contributed by atoms with Gasteiger partial charge in [-0.3, -0.25) is 9.59 Å². The molecule has 0 spiro atoms. The van der Waals surface area contributed by atoms with E-state index in [1.807, 2.05) is 25.1 Å². The molecule has 2 amide bonds. The largest absolute Gasteiger partial charge is 0.390 e. The van der Waals surface area contributed by atoms with Crippen molar-refractivity contribution in [2.75, 3.05) is 31.5 Å². The minimum Gasteiger partial charge on any atom is -0.390 e. The van der Waals surface area contributed by atoms with E-state index in [1.54, 1.807) is 0 Å². The number of H-pyrrole nitrogens is 1. The standard InChI is InChI=1S/C25H31BrN4O3/c1-4-30(5-2)13-16(31)12-27-24(32)21-14(3)28-23-17(21)7-6-8-18(23)22-19-11-15(26)9-10-20(19)29-25(22)33/h9-11,16,28,31H,4-8,12-13H2,1-3H3,(H,27,32)(H,29,33)/b22-18-. The molecule has 176 valence electrons. The van der Waals surface area contributed by atoms with E-state index in [1.165, 1.54) is 0 Å². The van der Waals surface area contributed by atoms with Gasteiger partial charge in [-0.2, -0.15) is 0 Å². The van der Waals surface area contributed by atoms with E-state index in [-0.39, 0.29) is 18.4 Å². The maximum absolute atomic E-state index is 13.1. The lowest BCUT2D eigenvalue weighted by molar-refractivity contribution is -0.110. The number of allylic oxidation sites excluding steroid dienone is 1. The van der Waals surface area contributed by atoms with Gasteiger partial charge in [-0.1, -0.05) is 29.8 Å². The molecule has 0 saturated heterocycles. The molecule has 7 nitrogen and oxygen atoms in total. The molecule has 2 aliphatic rings. The number of aromatic amines is 1. The van der Waals surface area contributed by atoms with E-state index < -0.39 is 6.10 Å². The number of fused-ring (bicyclic) bond motifs is 2. The molecule has 33 heavy (non-hydrogen) atoms. The van der Waals surface area contributed by atoms with E-state index >= 15 is 0 Å². The summed E-state index contributed by atoms with van der Waals surface area (Å²) in [5.74, 6) is -0.294. The molecule has 1 aromatic heterocycles. The Morgan fingerprint density at radius 3 is 2.76 bits per heavy atom. The van der Waals surface area contributed by atoms with Crippen molar-refractivity contribution < 1.29 is 14.7 Å². The molecule has 1 atom stereocenters. The van der Waals surface area contributed by atoms with Crippen molar-refractivity contribution >= 4 is 44.6 Å². The Kier molecular flexibility index (Phi) is 7.07. The molecule has 2 aromatic rings. The van der Waals surface area contributed by atoms with Crippen LogP contribution in [0.2, 0.25) is 0 Å². The van der Waals surface area contributed by atoms with Gasteiger partial charge in [-0.15, -0.1) is 0 Å². The number of carbonyl (C=O) groups is 2. The number of carbonyl (C=O) groups excluding carboxylic acids is 2. The van der Waals surface area contributed by atoms with Crippen LogP contribution >= 0.6 is 15.9 Å². The van der Waals surface area contributed by atoms with Gasteiger partial charge in [-0.05, 0) is 68.6 Å². The summed E-state index contributed by atoms with van der Waals surface area (Å²) in [6, 6.07) is 5.77. The van der Waals surface area contributed by atoms with Gasteiger partial charge < -0.3 is 25.6 Å². The van der Waals surface area contributed by atoms with Crippen molar-refractivity contribution in [2.45, 2.75) is 46.1 Å². The number of benzene rings is 1. The number of aromatic nitrogens is 1. The second-order valence-electron chi connectivity index (χ2n) is 8.68. The number of anilines is 1. The van der Waals surface area contributed by atoms with Gasteiger partial charge in [0.15, 0.2) is 0 Å². The van der Waals surface area contributed by atoms with Crippen LogP contribution in [0.4, 0.5) is 5.69 Å². The minimum absolute atomic E-state index is 0.108. The Balaban J connectivity index is 1.62. The first-order valence-corrected chi connectivity index (χ1v) is 12.4. The number of hydrogen-bond donors (Lipinski definition) is 4. The maximum atomic E-state index is 13.1. The summed E-state index contributed by atoms with van der Waals surface area (Å²) in [6.45, 7) is 8.44. The van der Waals surface area contributed by atoms with Crippen molar-refractivity contribution in [1.29, 1.82) is 0 Å². The zero-order chi connectivity index (χ0) is 23.7. The Labute approximate surface area is 202 Å². The smallest absolute Gasteiger partial charge is 0.256 e. The van der Waals surface area contributed by atoms with Crippen LogP contribution in [-0.4, -0.2) is 59.1 Å². The third-order valence-electron chi connectivity index (χ3n) is 6.56. The van der Waals surface area contributed by atoms with E-state index in [0.29, 0.717) is 17.7 Å². The monoisotopic (exact) mass is 514 g/mol. The summed E-state index contributed by atoms with van der Waals surface area (Å²) in [4.78, 5) is 31.5. The molecule has 4 N–H and O–H groups in total. The van der Waals surface area contributed by atoms with E-state index in [2.05, 4.69) is 50.3 Å². The highest BCUT2D eigenvalue weighted by atomic mass is 79.9. The molecule has 1 aromatic carbocycles. The van der Waals surface area contributed by atoms with Crippen molar-refractivity contribution in [1.82, 2.24) is 15.2 Å². The number of aliphatic hydroxyl groups is 1. The molecule has 0 fully saturated rings. The summed E-state index contributed by atoms with van der Waals surface area (Å²) in [5, 5.41) is 16.2. The van der Waals surface area contributed by atoms with E-state index in [4.69, 9.17) is 0 Å². The van der Waals surface area contributed by atoms with Crippen LogP contribution in [-0.2, 0) is 11.2 Å². The van der Waals surface area contributed by atoms with Gasteiger partial charge in [0.05, 0.1) is 17.2 Å². The number of hydrogen-bond acceptors (Lipinski definition) is 4. The molecule has 4 rings (SSSR count). The van der Waals surface area contributed by atoms with Crippen LogP contribution in [0.15, 0.2) is 22.7 Å². The molecule has 0 radical (unpaired) electrons. The number of nitrogens with one attached hydrogen (secondary N) is 3. The average Bonchev–Trinajstić information content (AvgIpc) is 3.30. The molecule has 0 bridgehead atoms. The molecular formula is C25H31BrN4O3. The fourth-order valence-electron chi connectivity index (χ4n) is 4.89. The summed E-state index contributed by atoms with van der Waals surface area (Å²) in [7, 11) is 0. The molecule has 0 saturated carbocycles. The van der Waals surface area contributed by atoms with Gasteiger partial charge in [0, 0.05) is 40.2 Å². The second-order valence-corrected chi connectivity index (χ2v) is 9.60. The van der Waals surface area contributed by atoms with Gasteiger partial charge in [0.1, 0.15) is 0 Å². The van der Waals surface area contributed by atoms with Crippen LogP contribution in [0.25, 0.3) is 11.1 Å². The predicted molar refractivity (Wildman–Crippen MR) is 134 cm³/mol. The lowest BCUT2D eigenvalue weighted by Gasteiger charge is -2.22. The number of amides is 2. The third-order valence-corrected chi connectivity index (χ3v) is 7.06. The zero-order valence-electron chi connectivity index (χ0n) is 19.3. The lowest BCUT2D eigenvalue weighted by atomic mass is 9.86. The van der Waals surface area contributed by atoms with Crippen molar-refractivity contribution in [3.63, 3.8) is 0 Å². The van der Waals surface area contributed by atoms with Crippen LogP contribution in [0.3, 0.4) is 0 Å². The number of likely N-dealkylation sites (N-methyl/N-ethyl adjacent to an activating group) is 1. The normalized spacial score (nSPS) is 18.2. The van der Waals surface area contributed by atoms with Gasteiger partial charge in [-0.25, -0.2) is 0 Å². The maximum Gasteiger partial charge on any atom is 0.256 e. The Bertz CT molecular complexity index is 1120. The number of rotatable bonds is 7. The van der Waals surface area contributed by atoms with Crippen molar-refractivity contribution in [3.8, 4) is 0 Å². The first-order chi connectivity index (χ1) is 15.8. The number of aryl methyl sites for hydroxylation is 1. The van der Waals surface area contributed by atoms with Gasteiger partial charge in [0.25, 0.3) is 11.8 Å². The Morgan fingerprint density at radius 2 is 2.03 bits per heavy atom. The van der Waals surface area contributed by atoms with Crippen LogP contribution in [0, 0.1) is 6.92 Å². The number of nitrogens with zero attached hydrogens (tertiary/aromatic N) is 1. The van der Waals surface area contributed by atoms with Crippen LogP contribution < -0.4 is 10.6 Å². The highest BCUT2D eigenvalue weighted by Gasteiger charge is 2.33. The highest BCUT2D eigenvalue weighted by Crippen LogP contribution is 2.43. The molecule has 1 aliphatic carbocycles. The summed E-state index contributed by atoms with van der Waals surface area (Å²) >= 11 is 3.51. The van der Waals surface area contributed by atoms with Gasteiger partial charge >= 0.3 is 0 Å². The second kappa shape index (κ2) is 9.83. The zero-order valence-corrected chi connectivity index (χ0v) is 20.9. The predicted octanol–water partition coefficient (Wildman–Crippen LogP) is 3.72. The topological polar surface area (TPSA) is 97.5 Å². The molecule has 1 unspecified atom stereocenters. The SMILES string of the molecule is CCN(CC)CC(O)CNC(=O)c1c(C)[nH]c2c1CCC/C2=C1/C(=O)Nc2ccc(Br)cc21. The van der Waals surface area contributed by atoms with Crippen LogP contribution in [0.1, 0.15) is 59.6 Å². The van der Waals surface area contributed by atoms with Crippen molar-refractivity contribution in [3.05, 3.63) is 50.8 Å². The number of halogens is 1. The first kappa shape index (κ1) is 23.7.